The number of ether oxygens (including phenoxy) is 1. The monoisotopic (exact) mass is 482 g/mol. The zero-order chi connectivity index (χ0) is 22.8. The highest BCUT2D eigenvalue weighted by molar-refractivity contribution is 7.99. The van der Waals surface area contributed by atoms with Crippen LogP contribution < -0.4 is 9.64 Å². The van der Waals surface area contributed by atoms with Gasteiger partial charge in [0.05, 0.1) is 23.1 Å². The van der Waals surface area contributed by atoms with E-state index in [1.165, 1.54) is 11.8 Å². The lowest BCUT2D eigenvalue weighted by Gasteiger charge is -2.19. The van der Waals surface area contributed by atoms with Crippen LogP contribution in [0.4, 0.5) is 5.95 Å². The van der Waals surface area contributed by atoms with Crippen molar-refractivity contribution in [3.05, 3.63) is 59.4 Å². The number of rotatable bonds is 7. The Morgan fingerprint density at radius 3 is 2.48 bits per heavy atom. The molecule has 0 spiro atoms. The molecule has 0 saturated carbocycles. The molecule has 0 radical (unpaired) electrons. The zero-order valence-corrected chi connectivity index (χ0v) is 19.9. The van der Waals surface area contributed by atoms with Crippen molar-refractivity contribution in [3.8, 4) is 22.9 Å². The van der Waals surface area contributed by atoms with Gasteiger partial charge in [0.15, 0.2) is 5.16 Å². The van der Waals surface area contributed by atoms with Crippen molar-refractivity contribution in [2.24, 2.45) is 0 Å². The van der Waals surface area contributed by atoms with E-state index in [-0.39, 0.29) is 5.25 Å². The number of nitrogens with zero attached hydrogens (tertiary/aromatic N) is 6. The van der Waals surface area contributed by atoms with E-state index in [0.717, 1.165) is 54.0 Å². The van der Waals surface area contributed by atoms with Crippen molar-refractivity contribution in [2.45, 2.75) is 30.2 Å². The quantitative estimate of drug-likeness (QED) is 0.322. The number of halogens is 1. The largest absolute Gasteiger partial charge is 0.497 e. The maximum absolute atomic E-state index is 6.56. The van der Waals surface area contributed by atoms with Gasteiger partial charge in [0.25, 0.3) is 0 Å². The van der Waals surface area contributed by atoms with E-state index in [1.807, 2.05) is 60.0 Å². The van der Waals surface area contributed by atoms with Gasteiger partial charge in [-0.25, -0.2) is 0 Å². The minimum atomic E-state index is -0.138. The maximum atomic E-state index is 6.56. The summed E-state index contributed by atoms with van der Waals surface area (Å²) in [6.45, 7) is 3.92. The lowest BCUT2D eigenvalue weighted by molar-refractivity contribution is 0.415. The third-order valence-corrected chi connectivity index (χ3v) is 6.86. The minimum absolute atomic E-state index is 0.138. The Kier molecular flexibility index (Phi) is 6.24. The molecule has 0 amide bonds. The smallest absolute Gasteiger partial charge is 0.247 e. The number of methoxy groups -OCH3 is 1. The van der Waals surface area contributed by atoms with Crippen molar-refractivity contribution in [3.63, 3.8) is 0 Å². The van der Waals surface area contributed by atoms with Gasteiger partial charge >= 0.3 is 0 Å². The predicted octanol–water partition coefficient (Wildman–Crippen LogP) is 5.43. The van der Waals surface area contributed by atoms with E-state index in [4.69, 9.17) is 20.8 Å². The molecule has 1 saturated heterocycles. The van der Waals surface area contributed by atoms with Gasteiger partial charge in [-0.2, -0.15) is 0 Å². The second kappa shape index (κ2) is 9.44. The van der Waals surface area contributed by atoms with E-state index in [1.54, 1.807) is 7.11 Å². The number of para-hydroxylation sites is 1. The van der Waals surface area contributed by atoms with Crippen LogP contribution in [-0.2, 0) is 0 Å². The fourth-order valence-electron chi connectivity index (χ4n) is 3.76. The van der Waals surface area contributed by atoms with Crippen molar-refractivity contribution in [1.82, 2.24) is 25.0 Å². The van der Waals surface area contributed by atoms with E-state index >= 15 is 0 Å². The first-order valence-corrected chi connectivity index (χ1v) is 12.0. The van der Waals surface area contributed by atoms with Gasteiger partial charge in [-0.15, -0.1) is 20.4 Å². The summed E-state index contributed by atoms with van der Waals surface area (Å²) in [7, 11) is 1.63. The van der Waals surface area contributed by atoms with Crippen molar-refractivity contribution < 1.29 is 9.15 Å². The molecule has 10 heteroatoms. The molecule has 0 unspecified atom stereocenters. The summed E-state index contributed by atoms with van der Waals surface area (Å²) >= 11 is 8.07. The van der Waals surface area contributed by atoms with Crippen LogP contribution in [0.15, 0.2) is 58.1 Å². The van der Waals surface area contributed by atoms with Crippen LogP contribution in [0.5, 0.6) is 5.75 Å². The van der Waals surface area contributed by atoms with Crippen molar-refractivity contribution >= 4 is 29.3 Å². The van der Waals surface area contributed by atoms with Gasteiger partial charge in [-0.05, 0) is 56.2 Å². The predicted molar refractivity (Wildman–Crippen MR) is 128 cm³/mol. The molecule has 5 rings (SSSR count). The van der Waals surface area contributed by atoms with E-state index < -0.39 is 0 Å². The molecule has 1 fully saturated rings. The number of thioether (sulfide) groups is 1. The Labute approximate surface area is 200 Å². The zero-order valence-electron chi connectivity index (χ0n) is 18.3. The van der Waals surface area contributed by atoms with Gasteiger partial charge in [0.2, 0.25) is 17.7 Å². The van der Waals surface area contributed by atoms with E-state index in [9.17, 15) is 0 Å². The molecule has 0 aliphatic carbocycles. The summed E-state index contributed by atoms with van der Waals surface area (Å²) in [6, 6.07) is 15.3. The summed E-state index contributed by atoms with van der Waals surface area (Å²) in [4.78, 5) is 2.25. The third-order valence-electron chi connectivity index (χ3n) is 5.51. The molecule has 3 heterocycles. The number of aromatic nitrogens is 5. The van der Waals surface area contributed by atoms with Gasteiger partial charge in [0, 0.05) is 18.7 Å². The summed E-state index contributed by atoms with van der Waals surface area (Å²) in [5, 5.41) is 18.7. The highest BCUT2D eigenvalue weighted by Crippen LogP contribution is 2.38. The topological polar surface area (TPSA) is 82.1 Å². The molecule has 170 valence electrons. The highest BCUT2D eigenvalue weighted by atomic mass is 35.5. The molecule has 8 nitrogen and oxygen atoms in total. The summed E-state index contributed by atoms with van der Waals surface area (Å²) < 4.78 is 13.2. The van der Waals surface area contributed by atoms with Gasteiger partial charge in [-0.1, -0.05) is 35.5 Å². The second-order valence-corrected chi connectivity index (χ2v) is 9.41. The first-order valence-electron chi connectivity index (χ1n) is 10.7. The SMILES string of the molecule is COc1ccc(-c2nnc([C@H](C)Sc3nnc(N4CCCC4)n3-c3ccccc3Cl)o2)cc1. The standard InChI is InChI=1S/C23H23ClN6O2S/c1-15(20-25-26-21(32-20)16-9-11-17(31-2)12-10-16)33-23-28-27-22(29-13-5-6-14-29)30(23)19-8-4-3-7-18(19)24/h3-4,7-12,15H,5-6,13-14H2,1-2H3/t15-/m0/s1. The molecular formula is C23H23ClN6O2S. The van der Waals surface area contributed by atoms with Crippen molar-refractivity contribution in [2.75, 3.05) is 25.1 Å². The summed E-state index contributed by atoms with van der Waals surface area (Å²) in [5.41, 5.74) is 1.69. The Balaban J connectivity index is 1.43. The number of hydrogen-bond acceptors (Lipinski definition) is 8. The first kappa shape index (κ1) is 21.8. The van der Waals surface area contributed by atoms with Crippen LogP contribution in [0.25, 0.3) is 17.1 Å². The number of anilines is 1. The second-order valence-electron chi connectivity index (χ2n) is 7.70. The summed E-state index contributed by atoms with van der Waals surface area (Å²) in [6.07, 6.45) is 2.29. The summed E-state index contributed by atoms with van der Waals surface area (Å²) in [5.74, 6) is 2.56. The van der Waals surface area contributed by atoms with Crippen LogP contribution in [0.2, 0.25) is 5.02 Å². The lowest BCUT2D eigenvalue weighted by Crippen LogP contribution is -2.22. The van der Waals surface area contributed by atoms with E-state index in [2.05, 4.69) is 25.3 Å². The highest BCUT2D eigenvalue weighted by Gasteiger charge is 2.26. The van der Waals surface area contributed by atoms with Crippen LogP contribution in [0.1, 0.15) is 30.9 Å². The molecule has 0 N–H and O–H groups in total. The van der Waals surface area contributed by atoms with Crippen molar-refractivity contribution in [1.29, 1.82) is 0 Å². The fourth-order valence-corrected chi connectivity index (χ4v) is 4.87. The Morgan fingerprint density at radius 1 is 1.00 bits per heavy atom. The number of benzene rings is 2. The Bertz CT molecular complexity index is 1240. The molecule has 1 aliphatic rings. The molecule has 4 aromatic rings. The molecular weight excluding hydrogens is 460 g/mol. The van der Waals surface area contributed by atoms with Crippen LogP contribution in [0.3, 0.4) is 0 Å². The molecule has 0 bridgehead atoms. The van der Waals surface area contributed by atoms with Crippen LogP contribution in [0, 0.1) is 0 Å². The normalized spacial score (nSPS) is 14.6. The molecule has 2 aromatic heterocycles. The maximum Gasteiger partial charge on any atom is 0.247 e. The van der Waals surface area contributed by atoms with Crippen LogP contribution >= 0.6 is 23.4 Å². The van der Waals surface area contributed by atoms with Gasteiger partial charge in [0.1, 0.15) is 5.75 Å². The molecule has 2 aromatic carbocycles. The van der Waals surface area contributed by atoms with Crippen LogP contribution in [-0.4, -0.2) is 45.2 Å². The first-order chi connectivity index (χ1) is 16.1. The molecule has 1 aliphatic heterocycles. The van der Waals surface area contributed by atoms with Gasteiger partial charge < -0.3 is 14.1 Å². The minimum Gasteiger partial charge on any atom is -0.497 e. The average Bonchev–Trinajstić information content (AvgIpc) is 3.60. The molecule has 33 heavy (non-hydrogen) atoms. The lowest BCUT2D eigenvalue weighted by atomic mass is 10.2. The fraction of sp³-hybridized carbons (Fsp3) is 0.304. The third kappa shape index (κ3) is 4.43. The Hall–Kier alpha value is -3.04. The van der Waals surface area contributed by atoms with Gasteiger partial charge in [-0.3, -0.25) is 4.57 Å². The Morgan fingerprint density at radius 2 is 1.76 bits per heavy atom. The average molecular weight is 483 g/mol. The molecule has 1 atom stereocenters. The number of hydrogen-bond donors (Lipinski definition) is 0. The van der Waals surface area contributed by atoms with E-state index in [0.29, 0.717) is 16.8 Å².